The summed E-state index contributed by atoms with van der Waals surface area (Å²) in [5.74, 6) is 0.662. The van der Waals surface area contributed by atoms with Crippen LogP contribution in [0, 0.1) is 5.92 Å². The number of nitrogens with one attached hydrogen (secondary N) is 1. The zero-order chi connectivity index (χ0) is 9.90. The summed E-state index contributed by atoms with van der Waals surface area (Å²) in [5, 5.41) is 3.67. The largest absolute Gasteiger partial charge is 0.380 e. The second kappa shape index (κ2) is 4.43. The maximum absolute atomic E-state index is 5.45. The molecule has 1 saturated heterocycles. The van der Waals surface area contributed by atoms with Gasteiger partial charge in [0.15, 0.2) is 0 Å². The summed E-state index contributed by atoms with van der Waals surface area (Å²) in [4.78, 5) is 0. The molecule has 1 N–H and O–H groups in total. The molecule has 78 valence electrons. The van der Waals surface area contributed by atoms with Crippen molar-refractivity contribution in [2.75, 3.05) is 13.2 Å². The Balaban J connectivity index is 2.37. The van der Waals surface area contributed by atoms with Crippen molar-refractivity contribution in [1.29, 1.82) is 0 Å². The van der Waals surface area contributed by atoms with E-state index < -0.39 is 0 Å². The van der Waals surface area contributed by atoms with Crippen molar-refractivity contribution < 1.29 is 4.74 Å². The summed E-state index contributed by atoms with van der Waals surface area (Å²) in [6.45, 7) is 10.9. The smallest absolute Gasteiger partial charge is 0.0619 e. The maximum Gasteiger partial charge on any atom is 0.0619 e. The maximum atomic E-state index is 5.45. The molecule has 0 aromatic rings. The van der Waals surface area contributed by atoms with E-state index in [1.807, 2.05) is 0 Å². The molecule has 2 nitrogen and oxygen atoms in total. The first kappa shape index (κ1) is 11.0. The molecule has 1 rings (SSSR count). The van der Waals surface area contributed by atoms with Gasteiger partial charge in [0.2, 0.25) is 0 Å². The summed E-state index contributed by atoms with van der Waals surface area (Å²) in [6.07, 6.45) is 2.46. The third-order valence-electron chi connectivity index (χ3n) is 3.18. The lowest BCUT2D eigenvalue weighted by Gasteiger charge is -2.36. The molecule has 1 heterocycles. The Morgan fingerprint density at radius 2 is 2.08 bits per heavy atom. The van der Waals surface area contributed by atoms with Gasteiger partial charge in [-0.1, -0.05) is 13.8 Å². The van der Waals surface area contributed by atoms with Crippen LogP contribution in [0.2, 0.25) is 0 Å². The first-order valence-corrected chi connectivity index (χ1v) is 5.38. The van der Waals surface area contributed by atoms with E-state index in [4.69, 9.17) is 4.74 Å². The topological polar surface area (TPSA) is 21.3 Å². The fraction of sp³-hybridized carbons (Fsp3) is 1.00. The highest BCUT2D eigenvalue weighted by Gasteiger charge is 2.26. The van der Waals surface area contributed by atoms with E-state index in [0.29, 0.717) is 12.0 Å². The van der Waals surface area contributed by atoms with E-state index in [1.165, 1.54) is 12.8 Å². The normalized spacial score (nSPS) is 25.2. The summed E-state index contributed by atoms with van der Waals surface area (Å²) < 4.78 is 5.45. The highest BCUT2D eigenvalue weighted by molar-refractivity contribution is 4.85. The lowest BCUT2D eigenvalue weighted by atomic mass is 9.89. The first-order valence-electron chi connectivity index (χ1n) is 5.38. The average Bonchev–Trinajstić information content (AvgIpc) is 2.05. The van der Waals surface area contributed by atoms with Crippen molar-refractivity contribution in [2.24, 2.45) is 5.92 Å². The van der Waals surface area contributed by atoms with Gasteiger partial charge in [0.1, 0.15) is 0 Å². The van der Waals surface area contributed by atoms with Gasteiger partial charge in [-0.05, 0) is 32.6 Å². The lowest BCUT2D eigenvalue weighted by molar-refractivity contribution is 0.0554. The molecule has 0 aromatic carbocycles. The Morgan fingerprint density at radius 1 is 1.38 bits per heavy atom. The molecule has 0 aromatic heterocycles. The van der Waals surface area contributed by atoms with Crippen molar-refractivity contribution >= 4 is 0 Å². The standard InChI is InChI=1S/C11H23NO/c1-9(2)11(3,4)12-10-6-5-7-13-8-10/h9-10,12H,5-8H2,1-4H3. The van der Waals surface area contributed by atoms with Crippen LogP contribution in [0.1, 0.15) is 40.5 Å². The molecular weight excluding hydrogens is 162 g/mol. The van der Waals surface area contributed by atoms with Gasteiger partial charge in [0.05, 0.1) is 6.61 Å². The van der Waals surface area contributed by atoms with Gasteiger partial charge in [-0.3, -0.25) is 0 Å². The SMILES string of the molecule is CC(C)C(C)(C)NC1CCCOC1. The molecule has 1 aliphatic rings. The van der Waals surface area contributed by atoms with E-state index in [9.17, 15) is 0 Å². The molecule has 13 heavy (non-hydrogen) atoms. The third-order valence-corrected chi connectivity index (χ3v) is 3.18. The zero-order valence-corrected chi connectivity index (χ0v) is 9.39. The Kier molecular flexibility index (Phi) is 3.74. The highest BCUT2D eigenvalue weighted by atomic mass is 16.5. The van der Waals surface area contributed by atoms with Crippen LogP contribution >= 0.6 is 0 Å². The molecule has 0 saturated carbocycles. The number of rotatable bonds is 3. The van der Waals surface area contributed by atoms with E-state index in [2.05, 4.69) is 33.0 Å². The van der Waals surface area contributed by atoms with Crippen LogP contribution in [0.4, 0.5) is 0 Å². The van der Waals surface area contributed by atoms with E-state index >= 15 is 0 Å². The van der Waals surface area contributed by atoms with Crippen molar-refractivity contribution in [3.05, 3.63) is 0 Å². The minimum Gasteiger partial charge on any atom is -0.380 e. The Labute approximate surface area is 82.0 Å². The molecule has 0 radical (unpaired) electrons. The van der Waals surface area contributed by atoms with E-state index in [-0.39, 0.29) is 5.54 Å². The average molecular weight is 185 g/mol. The summed E-state index contributed by atoms with van der Waals surface area (Å²) in [5.41, 5.74) is 0.228. The van der Waals surface area contributed by atoms with E-state index in [1.54, 1.807) is 0 Å². The monoisotopic (exact) mass is 185 g/mol. The van der Waals surface area contributed by atoms with Gasteiger partial charge in [0.25, 0.3) is 0 Å². The van der Waals surface area contributed by atoms with Crippen LogP contribution in [0.15, 0.2) is 0 Å². The fourth-order valence-corrected chi connectivity index (χ4v) is 1.55. The Morgan fingerprint density at radius 3 is 2.54 bits per heavy atom. The van der Waals surface area contributed by atoms with Crippen LogP contribution in [0.25, 0.3) is 0 Å². The number of ether oxygens (including phenoxy) is 1. The number of hydrogen-bond acceptors (Lipinski definition) is 2. The van der Waals surface area contributed by atoms with Gasteiger partial charge in [-0.15, -0.1) is 0 Å². The van der Waals surface area contributed by atoms with Gasteiger partial charge in [-0.2, -0.15) is 0 Å². The second-order valence-electron chi connectivity index (χ2n) is 4.93. The van der Waals surface area contributed by atoms with Crippen LogP contribution < -0.4 is 5.32 Å². The molecule has 0 amide bonds. The zero-order valence-electron chi connectivity index (χ0n) is 9.39. The first-order chi connectivity index (χ1) is 6.02. The predicted octanol–water partition coefficient (Wildman–Crippen LogP) is 2.19. The fourth-order valence-electron chi connectivity index (χ4n) is 1.55. The van der Waals surface area contributed by atoms with Crippen LogP contribution in [-0.2, 0) is 4.74 Å². The van der Waals surface area contributed by atoms with E-state index in [0.717, 1.165) is 13.2 Å². The molecule has 1 atom stereocenters. The van der Waals surface area contributed by atoms with Crippen LogP contribution in [0.3, 0.4) is 0 Å². The molecular formula is C11H23NO. The van der Waals surface area contributed by atoms with Crippen LogP contribution in [0.5, 0.6) is 0 Å². The van der Waals surface area contributed by atoms with Gasteiger partial charge in [-0.25, -0.2) is 0 Å². The molecule has 2 heteroatoms. The Hall–Kier alpha value is -0.0800. The van der Waals surface area contributed by atoms with Gasteiger partial charge in [0, 0.05) is 18.2 Å². The second-order valence-corrected chi connectivity index (χ2v) is 4.93. The summed E-state index contributed by atoms with van der Waals surface area (Å²) in [6, 6.07) is 0.561. The molecule has 1 aliphatic heterocycles. The third kappa shape index (κ3) is 3.28. The quantitative estimate of drug-likeness (QED) is 0.727. The van der Waals surface area contributed by atoms with Crippen molar-refractivity contribution in [3.8, 4) is 0 Å². The molecule has 1 unspecified atom stereocenters. The number of hydrogen-bond donors (Lipinski definition) is 1. The molecule has 0 aliphatic carbocycles. The minimum absolute atomic E-state index is 0.228. The Bertz CT molecular complexity index is 148. The summed E-state index contributed by atoms with van der Waals surface area (Å²) in [7, 11) is 0. The van der Waals surface area contributed by atoms with Crippen molar-refractivity contribution in [2.45, 2.75) is 52.1 Å². The lowest BCUT2D eigenvalue weighted by Crippen LogP contribution is -2.52. The van der Waals surface area contributed by atoms with Gasteiger partial charge < -0.3 is 10.1 Å². The van der Waals surface area contributed by atoms with Crippen molar-refractivity contribution in [3.63, 3.8) is 0 Å². The highest BCUT2D eigenvalue weighted by Crippen LogP contribution is 2.18. The van der Waals surface area contributed by atoms with Gasteiger partial charge >= 0.3 is 0 Å². The molecule has 1 fully saturated rings. The predicted molar refractivity (Wildman–Crippen MR) is 55.9 cm³/mol. The minimum atomic E-state index is 0.228. The van der Waals surface area contributed by atoms with Crippen LogP contribution in [-0.4, -0.2) is 24.8 Å². The molecule has 0 spiro atoms. The summed E-state index contributed by atoms with van der Waals surface area (Å²) >= 11 is 0. The van der Waals surface area contributed by atoms with Crippen molar-refractivity contribution in [1.82, 2.24) is 5.32 Å². The molecule has 0 bridgehead atoms.